The Labute approximate surface area is 170 Å². The van der Waals surface area contributed by atoms with Gasteiger partial charge in [-0.2, -0.15) is 0 Å². The number of carbonyl (C=O) groups excluding carboxylic acids is 2. The van der Waals surface area contributed by atoms with Crippen molar-refractivity contribution in [1.29, 1.82) is 0 Å². The molecule has 0 atom stereocenters. The highest BCUT2D eigenvalue weighted by atomic mass is 16.5. The molecule has 0 aliphatic carbocycles. The van der Waals surface area contributed by atoms with Crippen molar-refractivity contribution in [2.75, 3.05) is 33.3 Å². The first kappa shape index (κ1) is 20.7. The number of hydrogen-bond donors (Lipinski definition) is 2. The van der Waals surface area contributed by atoms with Gasteiger partial charge in [0.2, 0.25) is 0 Å². The summed E-state index contributed by atoms with van der Waals surface area (Å²) in [5.41, 5.74) is 2.98. The molecule has 0 spiro atoms. The van der Waals surface area contributed by atoms with Crippen LogP contribution in [-0.2, 0) is 12.8 Å². The Morgan fingerprint density at radius 2 is 2.03 bits per heavy atom. The number of hydrogen-bond acceptors (Lipinski definition) is 4. The number of ether oxygens (including phenoxy) is 1. The van der Waals surface area contributed by atoms with Gasteiger partial charge in [0, 0.05) is 25.7 Å². The van der Waals surface area contributed by atoms with Gasteiger partial charge in [-0.25, -0.2) is 9.86 Å². The molecular weight excluding hydrogens is 370 g/mol. The van der Waals surface area contributed by atoms with Crippen molar-refractivity contribution in [2.45, 2.75) is 19.3 Å². The van der Waals surface area contributed by atoms with Crippen LogP contribution >= 0.6 is 0 Å². The van der Waals surface area contributed by atoms with Crippen LogP contribution in [0.1, 0.15) is 27.9 Å². The minimum Gasteiger partial charge on any atom is -0.492 e. The molecule has 0 bridgehead atoms. The predicted molar refractivity (Wildman–Crippen MR) is 109 cm³/mol. The molecule has 2 aromatic carbocycles. The van der Waals surface area contributed by atoms with Crippen LogP contribution in [0.4, 0.5) is 4.79 Å². The molecule has 7 heteroatoms. The van der Waals surface area contributed by atoms with Gasteiger partial charge in [-0.15, -0.1) is 0 Å². The van der Waals surface area contributed by atoms with Gasteiger partial charge in [-0.1, -0.05) is 30.3 Å². The lowest BCUT2D eigenvalue weighted by Crippen LogP contribution is -2.38. The van der Waals surface area contributed by atoms with Crippen molar-refractivity contribution >= 4 is 11.9 Å². The Morgan fingerprint density at radius 3 is 2.79 bits per heavy atom. The lowest BCUT2D eigenvalue weighted by molar-refractivity contribution is -0.0493. The monoisotopic (exact) mass is 397 g/mol. The summed E-state index contributed by atoms with van der Waals surface area (Å²) in [5, 5.41) is 12.4. The first-order valence-electron chi connectivity index (χ1n) is 9.85. The van der Waals surface area contributed by atoms with Crippen molar-refractivity contribution in [1.82, 2.24) is 15.3 Å². The third kappa shape index (κ3) is 5.48. The second-order valence-electron chi connectivity index (χ2n) is 6.98. The molecule has 1 aliphatic rings. The van der Waals surface area contributed by atoms with E-state index in [9.17, 15) is 14.8 Å². The van der Waals surface area contributed by atoms with E-state index in [4.69, 9.17) is 4.74 Å². The summed E-state index contributed by atoms with van der Waals surface area (Å²) in [4.78, 5) is 25.9. The molecule has 0 radical (unpaired) electrons. The van der Waals surface area contributed by atoms with Crippen LogP contribution in [0.3, 0.4) is 0 Å². The number of rotatable bonds is 8. The first-order chi connectivity index (χ1) is 14.1. The van der Waals surface area contributed by atoms with E-state index in [1.54, 1.807) is 12.1 Å². The average molecular weight is 397 g/mol. The third-order valence-electron chi connectivity index (χ3n) is 5.00. The summed E-state index contributed by atoms with van der Waals surface area (Å²) >= 11 is 0. The molecule has 0 unspecified atom stereocenters. The van der Waals surface area contributed by atoms with E-state index in [2.05, 4.69) is 17.4 Å². The van der Waals surface area contributed by atoms with Gasteiger partial charge < -0.3 is 15.0 Å². The fraction of sp³-hybridized carbons (Fsp3) is 0.364. The minimum atomic E-state index is -0.586. The number of urea groups is 1. The molecule has 0 fully saturated rings. The maximum atomic E-state index is 12.8. The molecule has 0 saturated carbocycles. The van der Waals surface area contributed by atoms with E-state index in [0.29, 0.717) is 17.4 Å². The van der Waals surface area contributed by atoms with Crippen LogP contribution in [-0.4, -0.2) is 60.4 Å². The van der Waals surface area contributed by atoms with Crippen LogP contribution in [0.5, 0.6) is 5.75 Å². The number of benzene rings is 2. The Kier molecular flexibility index (Phi) is 7.08. The summed E-state index contributed by atoms with van der Waals surface area (Å²) in [6, 6.07) is 15.1. The minimum absolute atomic E-state index is 0.0465. The maximum absolute atomic E-state index is 12.8. The molecule has 29 heavy (non-hydrogen) atoms. The smallest absolute Gasteiger partial charge is 0.340 e. The van der Waals surface area contributed by atoms with E-state index < -0.39 is 6.03 Å². The third-order valence-corrected chi connectivity index (χ3v) is 5.00. The number of nitrogens with zero attached hydrogens (tertiary/aromatic N) is 2. The van der Waals surface area contributed by atoms with Gasteiger partial charge in [-0.3, -0.25) is 10.0 Å². The molecule has 154 valence electrons. The van der Waals surface area contributed by atoms with E-state index >= 15 is 0 Å². The standard InChI is InChI=1S/C22H27N3O4/c1-23-22(27)25(28)14-15-29-19-9-10-20-18(16-19)11-13-24(21(20)26)12-5-8-17-6-3-2-4-7-17/h2-4,6-7,9-10,16,28H,5,8,11-15H2,1H3,(H,23,27). The molecule has 1 heterocycles. The van der Waals surface area contributed by atoms with Crippen LogP contribution in [0.2, 0.25) is 0 Å². The summed E-state index contributed by atoms with van der Waals surface area (Å²) in [5.74, 6) is 0.686. The molecule has 3 amide bonds. The van der Waals surface area contributed by atoms with Gasteiger partial charge >= 0.3 is 6.03 Å². The Bertz CT molecular complexity index is 841. The Morgan fingerprint density at radius 1 is 1.24 bits per heavy atom. The molecule has 1 aliphatic heterocycles. The zero-order valence-electron chi connectivity index (χ0n) is 16.6. The average Bonchev–Trinajstić information content (AvgIpc) is 2.75. The summed E-state index contributed by atoms with van der Waals surface area (Å²) in [7, 11) is 1.44. The first-order valence-corrected chi connectivity index (χ1v) is 9.85. The normalized spacial score (nSPS) is 13.0. The van der Waals surface area contributed by atoms with Crippen LogP contribution in [0.15, 0.2) is 48.5 Å². The van der Waals surface area contributed by atoms with Gasteiger partial charge in [0.1, 0.15) is 12.4 Å². The van der Waals surface area contributed by atoms with Crippen LogP contribution in [0.25, 0.3) is 0 Å². The van der Waals surface area contributed by atoms with E-state index in [0.717, 1.165) is 36.9 Å². The zero-order chi connectivity index (χ0) is 20.6. The highest BCUT2D eigenvalue weighted by Gasteiger charge is 2.24. The van der Waals surface area contributed by atoms with E-state index in [1.165, 1.54) is 12.6 Å². The van der Waals surface area contributed by atoms with Gasteiger partial charge in [0.15, 0.2) is 0 Å². The molecule has 0 aromatic heterocycles. The zero-order valence-corrected chi connectivity index (χ0v) is 16.6. The Hall–Kier alpha value is -3.06. The summed E-state index contributed by atoms with van der Waals surface area (Å²) in [6.45, 7) is 1.65. The number of carbonyl (C=O) groups is 2. The lowest BCUT2D eigenvalue weighted by Gasteiger charge is -2.29. The lowest BCUT2D eigenvalue weighted by atomic mass is 9.98. The number of hydroxylamine groups is 2. The maximum Gasteiger partial charge on any atom is 0.340 e. The second-order valence-corrected chi connectivity index (χ2v) is 6.98. The Balaban J connectivity index is 1.50. The SMILES string of the molecule is CNC(=O)N(O)CCOc1ccc2c(c1)CCN(CCCc1ccccc1)C2=O. The second kappa shape index (κ2) is 9.93. The number of aryl methyl sites for hydroxylation is 1. The largest absolute Gasteiger partial charge is 0.492 e. The predicted octanol–water partition coefficient (Wildman–Crippen LogP) is 2.73. The van der Waals surface area contributed by atoms with E-state index in [-0.39, 0.29) is 19.1 Å². The molecule has 2 N–H and O–H groups in total. The fourth-order valence-corrected chi connectivity index (χ4v) is 3.42. The van der Waals surface area contributed by atoms with Crippen molar-refractivity contribution in [3.8, 4) is 5.75 Å². The number of fused-ring (bicyclic) bond motifs is 1. The van der Waals surface area contributed by atoms with Crippen molar-refractivity contribution < 1.29 is 19.5 Å². The molecule has 2 aromatic rings. The van der Waals surface area contributed by atoms with Crippen molar-refractivity contribution in [3.63, 3.8) is 0 Å². The topological polar surface area (TPSA) is 82.1 Å². The van der Waals surface area contributed by atoms with Crippen LogP contribution < -0.4 is 10.1 Å². The summed E-state index contributed by atoms with van der Waals surface area (Å²) < 4.78 is 5.61. The van der Waals surface area contributed by atoms with Crippen LogP contribution in [0, 0.1) is 0 Å². The quantitative estimate of drug-likeness (QED) is 0.530. The molecule has 0 saturated heterocycles. The molecular formula is C22H27N3O4. The van der Waals surface area contributed by atoms with Crippen molar-refractivity contribution in [3.05, 3.63) is 65.2 Å². The summed E-state index contributed by atoms with van der Waals surface area (Å²) in [6.07, 6.45) is 2.69. The van der Waals surface area contributed by atoms with Crippen molar-refractivity contribution in [2.24, 2.45) is 0 Å². The number of nitrogens with one attached hydrogen (secondary N) is 1. The van der Waals surface area contributed by atoms with Gasteiger partial charge in [0.25, 0.3) is 5.91 Å². The number of amides is 3. The highest BCUT2D eigenvalue weighted by Crippen LogP contribution is 2.24. The van der Waals surface area contributed by atoms with E-state index in [1.807, 2.05) is 29.2 Å². The van der Waals surface area contributed by atoms with Gasteiger partial charge in [-0.05, 0) is 48.6 Å². The van der Waals surface area contributed by atoms with Gasteiger partial charge in [0.05, 0.1) is 6.54 Å². The molecule has 3 rings (SSSR count). The highest BCUT2D eigenvalue weighted by molar-refractivity contribution is 5.96. The fourth-order valence-electron chi connectivity index (χ4n) is 3.42. The molecule has 7 nitrogen and oxygen atoms in total.